The summed E-state index contributed by atoms with van der Waals surface area (Å²) < 4.78 is 0. The maximum atomic E-state index is 12.9. The minimum absolute atomic E-state index is 0.0145. The van der Waals surface area contributed by atoms with Gasteiger partial charge in [0.05, 0.1) is 0 Å². The Labute approximate surface area is 143 Å². The molecule has 4 aliphatic rings. The summed E-state index contributed by atoms with van der Waals surface area (Å²) in [5.41, 5.74) is 2.46. The lowest BCUT2D eigenvalue weighted by Crippen LogP contribution is -2.53. The number of H-pyrrole nitrogens is 1. The molecule has 6 rings (SSSR count). The van der Waals surface area contributed by atoms with Crippen LogP contribution in [0.15, 0.2) is 30.5 Å². The molecule has 24 heavy (non-hydrogen) atoms. The molecule has 0 unspecified atom stereocenters. The third-order valence-electron chi connectivity index (χ3n) is 6.84. The molecule has 3 heteroatoms. The standard InChI is InChI=1S/C21H26N2O/c24-20(21-11-15-7-16(12-21)9-17(8-15)13-21)23-5-3-14-1-2-19-18(10-14)4-6-22-19/h1-2,4,6,10,15-17,22H,3,5,7-9,11-13H2,(H,23,24). The molecular weight excluding hydrogens is 296 g/mol. The van der Waals surface area contributed by atoms with Crippen LogP contribution in [-0.2, 0) is 11.2 Å². The van der Waals surface area contributed by atoms with Crippen molar-refractivity contribution in [2.24, 2.45) is 23.2 Å². The van der Waals surface area contributed by atoms with Crippen LogP contribution in [0, 0.1) is 23.2 Å². The molecule has 1 aromatic carbocycles. The average molecular weight is 322 g/mol. The van der Waals surface area contributed by atoms with Gasteiger partial charge >= 0.3 is 0 Å². The summed E-state index contributed by atoms with van der Waals surface area (Å²) in [7, 11) is 0. The van der Waals surface area contributed by atoms with Crippen LogP contribution in [0.5, 0.6) is 0 Å². The molecule has 2 N–H and O–H groups in total. The van der Waals surface area contributed by atoms with Gasteiger partial charge in [0.1, 0.15) is 0 Å². The monoisotopic (exact) mass is 322 g/mol. The van der Waals surface area contributed by atoms with Gasteiger partial charge in [0, 0.05) is 23.7 Å². The number of carbonyl (C=O) groups excluding carboxylic acids is 1. The molecule has 1 aromatic heterocycles. The highest BCUT2D eigenvalue weighted by atomic mass is 16.2. The van der Waals surface area contributed by atoms with E-state index in [1.54, 1.807) is 0 Å². The van der Waals surface area contributed by atoms with Gasteiger partial charge in [0.2, 0.25) is 5.91 Å². The van der Waals surface area contributed by atoms with E-state index in [0.29, 0.717) is 5.91 Å². The highest BCUT2D eigenvalue weighted by Gasteiger charge is 2.54. The Morgan fingerprint density at radius 2 is 1.79 bits per heavy atom. The van der Waals surface area contributed by atoms with E-state index in [4.69, 9.17) is 0 Å². The Morgan fingerprint density at radius 3 is 2.50 bits per heavy atom. The summed E-state index contributed by atoms with van der Waals surface area (Å²) in [5.74, 6) is 2.85. The largest absolute Gasteiger partial charge is 0.361 e. The molecule has 4 saturated carbocycles. The van der Waals surface area contributed by atoms with Gasteiger partial charge in [-0.2, -0.15) is 0 Å². The summed E-state index contributed by atoms with van der Waals surface area (Å²) in [5, 5.41) is 4.53. The predicted octanol–water partition coefficient (Wildman–Crippen LogP) is 4.04. The first-order chi connectivity index (χ1) is 11.7. The van der Waals surface area contributed by atoms with Crippen molar-refractivity contribution < 1.29 is 4.79 Å². The Morgan fingerprint density at radius 1 is 1.08 bits per heavy atom. The number of amides is 1. The Bertz CT molecular complexity index is 740. The molecule has 0 radical (unpaired) electrons. The molecule has 4 bridgehead atoms. The number of nitrogens with one attached hydrogen (secondary N) is 2. The van der Waals surface area contributed by atoms with Crippen molar-refractivity contribution in [3.8, 4) is 0 Å². The molecule has 3 nitrogen and oxygen atoms in total. The number of benzene rings is 1. The summed E-state index contributed by atoms with van der Waals surface area (Å²) in [6.45, 7) is 0.760. The normalized spacial score (nSPS) is 33.9. The zero-order valence-corrected chi connectivity index (χ0v) is 14.2. The van der Waals surface area contributed by atoms with Crippen LogP contribution >= 0.6 is 0 Å². The van der Waals surface area contributed by atoms with E-state index >= 15 is 0 Å². The fraction of sp³-hybridized carbons (Fsp3) is 0.571. The van der Waals surface area contributed by atoms with Crippen molar-refractivity contribution in [3.63, 3.8) is 0 Å². The Kier molecular flexibility index (Phi) is 3.26. The first kappa shape index (κ1) is 14.6. The quantitative estimate of drug-likeness (QED) is 0.876. The van der Waals surface area contributed by atoms with Crippen LogP contribution in [0.3, 0.4) is 0 Å². The molecule has 2 aromatic rings. The van der Waals surface area contributed by atoms with E-state index in [9.17, 15) is 4.79 Å². The van der Waals surface area contributed by atoms with Gasteiger partial charge in [-0.25, -0.2) is 0 Å². The van der Waals surface area contributed by atoms with Crippen LogP contribution in [0.2, 0.25) is 0 Å². The fourth-order valence-electron chi connectivity index (χ4n) is 6.15. The van der Waals surface area contributed by atoms with Gasteiger partial charge in [-0.3, -0.25) is 4.79 Å². The second-order valence-corrected chi connectivity index (χ2v) is 8.60. The number of aromatic nitrogens is 1. The number of rotatable bonds is 4. The van der Waals surface area contributed by atoms with Crippen LogP contribution in [0.1, 0.15) is 44.1 Å². The second-order valence-electron chi connectivity index (χ2n) is 8.60. The smallest absolute Gasteiger partial charge is 0.226 e. The van der Waals surface area contributed by atoms with Crippen LogP contribution in [0.25, 0.3) is 10.9 Å². The van der Waals surface area contributed by atoms with Gasteiger partial charge < -0.3 is 10.3 Å². The van der Waals surface area contributed by atoms with E-state index in [-0.39, 0.29) is 5.41 Å². The second kappa shape index (κ2) is 5.37. The summed E-state index contributed by atoms with van der Waals surface area (Å²) >= 11 is 0. The van der Waals surface area contributed by atoms with Crippen molar-refractivity contribution in [3.05, 3.63) is 36.0 Å². The van der Waals surface area contributed by atoms with Crippen LogP contribution < -0.4 is 5.32 Å². The lowest BCUT2D eigenvalue weighted by atomic mass is 9.49. The van der Waals surface area contributed by atoms with Crippen LogP contribution in [-0.4, -0.2) is 17.4 Å². The number of hydrogen-bond acceptors (Lipinski definition) is 1. The molecule has 0 saturated heterocycles. The highest BCUT2D eigenvalue weighted by Crippen LogP contribution is 2.60. The Balaban J connectivity index is 1.23. The van der Waals surface area contributed by atoms with Gasteiger partial charge in [-0.05, 0) is 91.8 Å². The molecule has 0 atom stereocenters. The molecule has 126 valence electrons. The molecular formula is C21H26N2O. The first-order valence-corrected chi connectivity index (χ1v) is 9.54. The lowest BCUT2D eigenvalue weighted by Gasteiger charge is -2.55. The topological polar surface area (TPSA) is 44.9 Å². The molecule has 1 heterocycles. The van der Waals surface area contributed by atoms with E-state index in [1.165, 1.54) is 35.7 Å². The average Bonchev–Trinajstić information content (AvgIpc) is 3.01. The van der Waals surface area contributed by atoms with Gasteiger partial charge in [0.25, 0.3) is 0 Å². The third-order valence-corrected chi connectivity index (χ3v) is 6.84. The van der Waals surface area contributed by atoms with E-state index < -0.39 is 0 Å². The first-order valence-electron chi connectivity index (χ1n) is 9.54. The number of fused-ring (bicyclic) bond motifs is 1. The number of hydrogen-bond donors (Lipinski definition) is 2. The maximum Gasteiger partial charge on any atom is 0.226 e. The molecule has 4 fully saturated rings. The zero-order valence-electron chi connectivity index (χ0n) is 14.2. The summed E-state index contributed by atoms with van der Waals surface area (Å²) in [6, 6.07) is 8.62. The molecule has 0 spiro atoms. The zero-order chi connectivity index (χ0) is 16.1. The fourth-order valence-corrected chi connectivity index (χ4v) is 6.15. The highest BCUT2D eigenvalue weighted by molar-refractivity contribution is 5.83. The van der Waals surface area contributed by atoms with Crippen molar-refractivity contribution >= 4 is 16.8 Å². The SMILES string of the molecule is O=C(NCCc1ccc2[nH]ccc2c1)C12CC3CC(CC(C3)C1)C2. The van der Waals surface area contributed by atoms with Gasteiger partial charge in [0.15, 0.2) is 0 Å². The van der Waals surface area contributed by atoms with Crippen molar-refractivity contribution in [2.75, 3.05) is 6.54 Å². The minimum atomic E-state index is -0.0145. The minimum Gasteiger partial charge on any atom is -0.361 e. The maximum absolute atomic E-state index is 12.9. The molecule has 1 amide bonds. The van der Waals surface area contributed by atoms with E-state index in [2.05, 4.69) is 34.6 Å². The van der Waals surface area contributed by atoms with Crippen molar-refractivity contribution in [1.82, 2.24) is 10.3 Å². The van der Waals surface area contributed by atoms with Gasteiger partial charge in [-0.15, -0.1) is 0 Å². The van der Waals surface area contributed by atoms with Crippen molar-refractivity contribution in [1.29, 1.82) is 0 Å². The van der Waals surface area contributed by atoms with Crippen LogP contribution in [0.4, 0.5) is 0 Å². The summed E-state index contributed by atoms with van der Waals surface area (Å²) in [6.07, 6.45) is 10.5. The van der Waals surface area contributed by atoms with Gasteiger partial charge in [-0.1, -0.05) is 6.07 Å². The van der Waals surface area contributed by atoms with E-state index in [1.807, 2.05) is 6.20 Å². The Hall–Kier alpha value is -1.77. The number of carbonyl (C=O) groups is 1. The van der Waals surface area contributed by atoms with E-state index in [0.717, 1.165) is 50.0 Å². The van der Waals surface area contributed by atoms with Crippen molar-refractivity contribution in [2.45, 2.75) is 44.9 Å². The predicted molar refractivity (Wildman–Crippen MR) is 95.6 cm³/mol. The molecule has 0 aliphatic heterocycles. The summed E-state index contributed by atoms with van der Waals surface area (Å²) in [4.78, 5) is 16.2. The lowest BCUT2D eigenvalue weighted by molar-refractivity contribution is -0.146. The molecule has 4 aliphatic carbocycles. The number of aromatic amines is 1. The third kappa shape index (κ3) is 2.37.